The van der Waals surface area contributed by atoms with Crippen LogP contribution < -0.4 is 25.3 Å². The molecule has 222 valence electrons. The Kier molecular flexibility index (Phi) is 8.23. The number of carbonyl (C=O) groups is 2. The van der Waals surface area contributed by atoms with Crippen molar-refractivity contribution in [2.24, 2.45) is 0 Å². The molecule has 0 bridgehead atoms. The van der Waals surface area contributed by atoms with Crippen molar-refractivity contribution in [1.29, 1.82) is 0 Å². The maximum Gasteiger partial charge on any atom is 0.342 e. The highest BCUT2D eigenvalue weighted by atomic mass is 19.3. The number of hydrogen-bond donors (Lipinski definition) is 2. The molecule has 1 aromatic heterocycles. The van der Waals surface area contributed by atoms with Crippen LogP contribution in [0.5, 0.6) is 5.75 Å². The van der Waals surface area contributed by atoms with Gasteiger partial charge in [0.2, 0.25) is 5.95 Å². The number of hydrogen-bond acceptors (Lipinski definition) is 9. The van der Waals surface area contributed by atoms with Gasteiger partial charge in [-0.15, -0.1) is 0 Å². The van der Waals surface area contributed by atoms with E-state index in [0.717, 1.165) is 31.1 Å². The minimum atomic E-state index is -3.65. The van der Waals surface area contributed by atoms with E-state index in [1.165, 1.54) is 25.3 Å². The molecule has 1 saturated heterocycles. The van der Waals surface area contributed by atoms with Crippen LogP contribution in [-0.2, 0) is 4.79 Å². The molecule has 0 aliphatic carbocycles. The lowest BCUT2D eigenvalue weighted by Crippen LogP contribution is -2.54. The Morgan fingerprint density at radius 3 is 2.45 bits per heavy atom. The van der Waals surface area contributed by atoms with Gasteiger partial charge < -0.3 is 19.9 Å². The molecule has 3 aromatic rings. The van der Waals surface area contributed by atoms with Crippen LogP contribution in [0, 0.1) is 0 Å². The lowest BCUT2D eigenvalue weighted by atomic mass is 10.1. The van der Waals surface area contributed by atoms with Crippen molar-refractivity contribution in [2.45, 2.75) is 25.8 Å². The Bertz CT molecular complexity index is 1450. The highest BCUT2D eigenvalue weighted by molar-refractivity contribution is 6.02. The quantitative estimate of drug-likeness (QED) is 0.433. The molecule has 42 heavy (non-hydrogen) atoms. The van der Waals surface area contributed by atoms with Gasteiger partial charge in [0.25, 0.3) is 11.8 Å². The molecule has 0 radical (unpaired) electrons. The number of aromatic nitrogens is 2. The summed E-state index contributed by atoms with van der Waals surface area (Å²) in [6, 6.07) is 13.9. The topological polar surface area (TPSA) is 106 Å². The summed E-state index contributed by atoms with van der Waals surface area (Å²) < 4.78 is 35.3. The SMILES string of the molecule is COc1cc(C(=O)NN2CCN(C(C)C)CC2)ccc1Nc1ncc2c(n1)N(c1ccccc1)CC(F)(F)C(=O)N2C. The number of para-hydroxylation sites is 1. The molecule has 0 saturated carbocycles. The third-order valence-electron chi connectivity index (χ3n) is 7.42. The lowest BCUT2D eigenvalue weighted by Gasteiger charge is -2.36. The number of rotatable bonds is 7. The van der Waals surface area contributed by atoms with E-state index in [0.29, 0.717) is 28.7 Å². The predicted octanol–water partition coefficient (Wildman–Crippen LogP) is 3.65. The average molecular weight is 581 g/mol. The number of ether oxygens (including phenoxy) is 1. The van der Waals surface area contributed by atoms with Crippen LogP contribution in [0.15, 0.2) is 54.7 Å². The van der Waals surface area contributed by atoms with Crippen molar-refractivity contribution in [2.75, 3.05) is 62.0 Å². The number of halogens is 2. The van der Waals surface area contributed by atoms with Crippen molar-refractivity contribution in [1.82, 2.24) is 25.3 Å². The number of alkyl halides is 2. The molecule has 11 nitrogen and oxygen atoms in total. The Balaban J connectivity index is 1.38. The van der Waals surface area contributed by atoms with Gasteiger partial charge in [0.1, 0.15) is 11.4 Å². The maximum atomic E-state index is 14.9. The Morgan fingerprint density at radius 2 is 1.79 bits per heavy atom. The average Bonchev–Trinajstić information content (AvgIpc) is 3.06. The van der Waals surface area contributed by atoms with Crippen molar-refractivity contribution < 1.29 is 23.1 Å². The number of piperazine rings is 1. The maximum absolute atomic E-state index is 14.9. The van der Waals surface area contributed by atoms with Gasteiger partial charge in [0.15, 0.2) is 5.82 Å². The van der Waals surface area contributed by atoms with Crippen molar-refractivity contribution in [3.05, 3.63) is 60.3 Å². The molecular weight excluding hydrogens is 546 g/mol. The summed E-state index contributed by atoms with van der Waals surface area (Å²) in [7, 11) is 2.75. The van der Waals surface area contributed by atoms with Crippen molar-refractivity contribution in [3.8, 4) is 5.75 Å². The molecule has 2 aliphatic heterocycles. The third kappa shape index (κ3) is 5.97. The minimum absolute atomic E-state index is 0.0965. The fourth-order valence-electron chi connectivity index (χ4n) is 4.99. The number of amides is 2. The number of nitrogens with zero attached hydrogens (tertiary/aromatic N) is 6. The van der Waals surface area contributed by atoms with E-state index in [1.807, 2.05) is 5.01 Å². The molecular formula is C29H34F2N8O3. The second kappa shape index (κ2) is 11.9. The molecule has 2 N–H and O–H groups in total. The standard InChI is InChI=1S/C29H34F2N8O3/c1-19(2)37-12-14-38(15-13-37)35-26(40)20-10-11-22(24(16-20)42-4)33-28-32-17-23-25(34-28)39(21-8-6-5-7-9-21)18-29(30,31)27(41)36(23)3/h5-11,16-17,19H,12-15,18H2,1-4H3,(H,35,40)(H,32,33,34). The Hall–Kier alpha value is -4.36. The monoisotopic (exact) mass is 580 g/mol. The van der Waals surface area contributed by atoms with Gasteiger partial charge in [-0.25, -0.2) is 9.99 Å². The number of methoxy groups -OCH3 is 1. The molecule has 0 atom stereocenters. The van der Waals surface area contributed by atoms with Crippen LogP contribution in [0.3, 0.4) is 0 Å². The number of hydrazine groups is 1. The van der Waals surface area contributed by atoms with Gasteiger partial charge in [-0.2, -0.15) is 13.8 Å². The highest BCUT2D eigenvalue weighted by Crippen LogP contribution is 2.40. The summed E-state index contributed by atoms with van der Waals surface area (Å²) in [5.41, 5.74) is 4.42. The first-order valence-electron chi connectivity index (χ1n) is 13.7. The minimum Gasteiger partial charge on any atom is -0.495 e. The highest BCUT2D eigenvalue weighted by Gasteiger charge is 2.47. The summed E-state index contributed by atoms with van der Waals surface area (Å²) >= 11 is 0. The first-order chi connectivity index (χ1) is 20.1. The molecule has 3 heterocycles. The molecule has 0 unspecified atom stereocenters. The van der Waals surface area contributed by atoms with Gasteiger partial charge in [-0.05, 0) is 44.2 Å². The van der Waals surface area contributed by atoms with Gasteiger partial charge in [-0.3, -0.25) is 19.9 Å². The molecule has 1 fully saturated rings. The summed E-state index contributed by atoms with van der Waals surface area (Å²) in [6.07, 6.45) is 1.33. The van der Waals surface area contributed by atoms with E-state index >= 15 is 0 Å². The van der Waals surface area contributed by atoms with Crippen LogP contribution in [0.4, 0.5) is 37.6 Å². The Morgan fingerprint density at radius 1 is 1.07 bits per heavy atom. The third-order valence-corrected chi connectivity index (χ3v) is 7.42. The summed E-state index contributed by atoms with van der Waals surface area (Å²) in [5, 5.41) is 4.97. The number of benzene rings is 2. The van der Waals surface area contributed by atoms with Gasteiger partial charge in [-0.1, -0.05) is 18.2 Å². The Labute approximate surface area is 243 Å². The predicted molar refractivity (Wildman–Crippen MR) is 156 cm³/mol. The molecule has 13 heteroatoms. The first kappa shape index (κ1) is 29.1. The largest absolute Gasteiger partial charge is 0.495 e. The number of anilines is 5. The number of fused-ring (bicyclic) bond motifs is 1. The zero-order valence-corrected chi connectivity index (χ0v) is 24.0. The summed E-state index contributed by atoms with van der Waals surface area (Å²) in [5.74, 6) is -4.65. The second-order valence-electron chi connectivity index (χ2n) is 10.5. The van der Waals surface area contributed by atoms with Crippen molar-refractivity contribution >= 4 is 40.6 Å². The van der Waals surface area contributed by atoms with Crippen LogP contribution in [-0.4, -0.2) is 90.5 Å². The van der Waals surface area contributed by atoms with E-state index in [9.17, 15) is 18.4 Å². The molecule has 0 spiro atoms. The fraction of sp³-hybridized carbons (Fsp3) is 0.379. The zero-order chi connectivity index (χ0) is 30.0. The first-order valence-corrected chi connectivity index (χ1v) is 13.7. The van der Waals surface area contributed by atoms with E-state index < -0.39 is 18.4 Å². The van der Waals surface area contributed by atoms with Gasteiger partial charge in [0.05, 0.1) is 25.5 Å². The van der Waals surface area contributed by atoms with Gasteiger partial charge in [0, 0.05) is 50.5 Å². The van der Waals surface area contributed by atoms with Crippen LogP contribution >= 0.6 is 0 Å². The normalized spacial score (nSPS) is 17.5. The van der Waals surface area contributed by atoms with E-state index in [-0.39, 0.29) is 23.4 Å². The van der Waals surface area contributed by atoms with Crippen LogP contribution in [0.2, 0.25) is 0 Å². The second-order valence-corrected chi connectivity index (χ2v) is 10.5. The van der Waals surface area contributed by atoms with E-state index in [1.54, 1.807) is 48.5 Å². The molecule has 5 rings (SSSR count). The fourth-order valence-corrected chi connectivity index (χ4v) is 4.99. The number of nitrogens with one attached hydrogen (secondary N) is 2. The van der Waals surface area contributed by atoms with E-state index in [4.69, 9.17) is 4.74 Å². The van der Waals surface area contributed by atoms with Crippen molar-refractivity contribution in [3.63, 3.8) is 0 Å². The van der Waals surface area contributed by atoms with E-state index in [2.05, 4.69) is 39.5 Å². The zero-order valence-electron chi connectivity index (χ0n) is 24.0. The molecule has 2 aromatic carbocycles. The summed E-state index contributed by atoms with van der Waals surface area (Å²) in [6.45, 7) is 6.62. The molecule has 2 amide bonds. The lowest BCUT2D eigenvalue weighted by molar-refractivity contribution is -0.140. The van der Waals surface area contributed by atoms with Crippen LogP contribution in [0.25, 0.3) is 0 Å². The summed E-state index contributed by atoms with van der Waals surface area (Å²) in [4.78, 5) is 38.9. The van der Waals surface area contributed by atoms with Crippen LogP contribution in [0.1, 0.15) is 24.2 Å². The smallest absolute Gasteiger partial charge is 0.342 e. The van der Waals surface area contributed by atoms with Gasteiger partial charge >= 0.3 is 5.92 Å². The number of carbonyl (C=O) groups excluding carboxylic acids is 2. The molecule has 2 aliphatic rings.